The van der Waals surface area contributed by atoms with Gasteiger partial charge in [0.05, 0.1) is 17.6 Å². The van der Waals surface area contributed by atoms with Crippen molar-refractivity contribution < 1.29 is 4.39 Å². The largest absolute Gasteiger partial charge is 0.337 e. The number of halogens is 2. The number of hydrogen-bond donors (Lipinski definition) is 0. The number of fused-ring (bicyclic) bond motifs is 1. The van der Waals surface area contributed by atoms with Crippen LogP contribution in [0.5, 0.6) is 0 Å². The molecule has 0 aliphatic carbocycles. The van der Waals surface area contributed by atoms with Gasteiger partial charge in [-0.3, -0.25) is 0 Å². The first-order chi connectivity index (χ1) is 9.69. The molecular weight excluding hydrogens is 279 g/mol. The molecule has 0 spiro atoms. The Balaban J connectivity index is 2.11. The SMILES string of the molecule is Cn1ccnc1Cn1c(CCCl)nc2cc(F)ccc21. The molecular formula is C14H14ClFN4. The Labute approximate surface area is 120 Å². The van der Waals surface area contributed by atoms with Gasteiger partial charge in [-0.05, 0) is 12.1 Å². The van der Waals surface area contributed by atoms with Crippen LogP contribution in [0.25, 0.3) is 11.0 Å². The van der Waals surface area contributed by atoms with Gasteiger partial charge in [-0.2, -0.15) is 0 Å². The highest BCUT2D eigenvalue weighted by molar-refractivity contribution is 6.17. The second-order valence-corrected chi connectivity index (χ2v) is 5.02. The highest BCUT2D eigenvalue weighted by atomic mass is 35.5. The summed E-state index contributed by atoms with van der Waals surface area (Å²) >= 11 is 5.83. The molecule has 6 heteroatoms. The lowest BCUT2D eigenvalue weighted by Crippen LogP contribution is -2.09. The number of alkyl halides is 1. The second-order valence-electron chi connectivity index (χ2n) is 4.64. The molecule has 0 aliphatic heterocycles. The topological polar surface area (TPSA) is 35.6 Å². The standard InChI is InChI=1S/C14H14ClFN4/c1-19-7-6-17-14(19)9-20-12-3-2-10(16)8-11(12)18-13(20)4-5-15/h2-3,6-8H,4-5,9H2,1H3. The van der Waals surface area contributed by atoms with Crippen LogP contribution >= 0.6 is 11.6 Å². The lowest BCUT2D eigenvalue weighted by molar-refractivity contribution is 0.629. The number of benzene rings is 1. The van der Waals surface area contributed by atoms with E-state index in [2.05, 4.69) is 9.97 Å². The summed E-state index contributed by atoms with van der Waals surface area (Å²) in [4.78, 5) is 8.80. The van der Waals surface area contributed by atoms with E-state index < -0.39 is 0 Å². The van der Waals surface area contributed by atoms with Gasteiger partial charge in [-0.25, -0.2) is 14.4 Å². The van der Waals surface area contributed by atoms with Crippen LogP contribution in [0.15, 0.2) is 30.6 Å². The van der Waals surface area contributed by atoms with Gasteiger partial charge in [0.1, 0.15) is 17.5 Å². The third-order valence-corrected chi connectivity index (χ3v) is 3.52. The molecule has 0 bridgehead atoms. The van der Waals surface area contributed by atoms with Gasteiger partial charge < -0.3 is 9.13 Å². The minimum Gasteiger partial charge on any atom is -0.337 e. The fraction of sp³-hybridized carbons (Fsp3) is 0.286. The van der Waals surface area contributed by atoms with E-state index in [1.807, 2.05) is 22.4 Å². The van der Waals surface area contributed by atoms with Gasteiger partial charge in [0, 0.05) is 37.8 Å². The van der Waals surface area contributed by atoms with Crippen LogP contribution in [0.2, 0.25) is 0 Å². The predicted octanol–water partition coefficient (Wildman–Crippen LogP) is 2.74. The van der Waals surface area contributed by atoms with Crippen molar-refractivity contribution in [2.24, 2.45) is 7.05 Å². The first-order valence-corrected chi connectivity index (χ1v) is 6.89. The lowest BCUT2D eigenvalue weighted by atomic mass is 10.3. The molecule has 2 aromatic heterocycles. The first-order valence-electron chi connectivity index (χ1n) is 6.36. The third kappa shape index (κ3) is 2.29. The van der Waals surface area contributed by atoms with Gasteiger partial charge in [-0.1, -0.05) is 0 Å². The maximum Gasteiger partial charge on any atom is 0.128 e. The third-order valence-electron chi connectivity index (χ3n) is 3.33. The van der Waals surface area contributed by atoms with Gasteiger partial charge in [0.15, 0.2) is 0 Å². The average molecular weight is 293 g/mol. The molecule has 3 aromatic rings. The van der Waals surface area contributed by atoms with Crippen LogP contribution < -0.4 is 0 Å². The predicted molar refractivity (Wildman–Crippen MR) is 76.4 cm³/mol. The van der Waals surface area contributed by atoms with Crippen molar-refractivity contribution in [3.05, 3.63) is 48.1 Å². The molecule has 0 saturated heterocycles. The summed E-state index contributed by atoms with van der Waals surface area (Å²) < 4.78 is 17.3. The van der Waals surface area contributed by atoms with Gasteiger partial charge in [-0.15, -0.1) is 11.6 Å². The highest BCUT2D eigenvalue weighted by Crippen LogP contribution is 2.19. The van der Waals surface area contributed by atoms with E-state index in [0.29, 0.717) is 24.4 Å². The second kappa shape index (κ2) is 5.25. The number of hydrogen-bond acceptors (Lipinski definition) is 2. The van der Waals surface area contributed by atoms with Crippen molar-refractivity contribution in [2.75, 3.05) is 5.88 Å². The summed E-state index contributed by atoms with van der Waals surface area (Å²) in [6.07, 6.45) is 4.30. The minimum atomic E-state index is -0.281. The first kappa shape index (κ1) is 13.1. The number of rotatable bonds is 4. The molecule has 0 amide bonds. The Bertz CT molecular complexity index is 747. The molecule has 0 unspecified atom stereocenters. The van der Waals surface area contributed by atoms with Crippen molar-refractivity contribution in [2.45, 2.75) is 13.0 Å². The molecule has 2 heterocycles. The lowest BCUT2D eigenvalue weighted by Gasteiger charge is -2.08. The van der Waals surface area contributed by atoms with Gasteiger partial charge >= 0.3 is 0 Å². The van der Waals surface area contributed by atoms with Crippen LogP contribution in [-0.4, -0.2) is 25.0 Å². The van der Waals surface area contributed by atoms with Crippen molar-refractivity contribution in [3.63, 3.8) is 0 Å². The maximum atomic E-state index is 13.3. The Morgan fingerprint density at radius 2 is 2.15 bits per heavy atom. The van der Waals surface area contributed by atoms with E-state index >= 15 is 0 Å². The molecule has 0 atom stereocenters. The number of aromatic nitrogens is 4. The van der Waals surface area contributed by atoms with E-state index in [1.54, 1.807) is 12.3 Å². The highest BCUT2D eigenvalue weighted by Gasteiger charge is 2.13. The molecule has 0 aliphatic rings. The molecule has 0 saturated carbocycles. The van der Waals surface area contributed by atoms with Crippen molar-refractivity contribution in [1.29, 1.82) is 0 Å². The Morgan fingerprint density at radius 1 is 1.30 bits per heavy atom. The van der Waals surface area contributed by atoms with Crippen LogP contribution in [-0.2, 0) is 20.0 Å². The maximum absolute atomic E-state index is 13.3. The van der Waals surface area contributed by atoms with E-state index in [-0.39, 0.29) is 5.82 Å². The molecule has 1 aromatic carbocycles. The smallest absolute Gasteiger partial charge is 0.128 e. The fourth-order valence-corrected chi connectivity index (χ4v) is 2.46. The van der Waals surface area contributed by atoms with Crippen LogP contribution in [0, 0.1) is 5.82 Å². The van der Waals surface area contributed by atoms with Gasteiger partial charge in [0.2, 0.25) is 0 Å². The molecule has 0 fully saturated rings. The fourth-order valence-electron chi connectivity index (χ4n) is 2.29. The molecule has 104 valence electrons. The number of imidazole rings is 2. The zero-order valence-corrected chi connectivity index (χ0v) is 11.8. The van der Waals surface area contributed by atoms with E-state index in [0.717, 1.165) is 17.2 Å². The summed E-state index contributed by atoms with van der Waals surface area (Å²) in [6.45, 7) is 0.595. The summed E-state index contributed by atoms with van der Waals surface area (Å²) in [6, 6.07) is 4.64. The van der Waals surface area contributed by atoms with Crippen LogP contribution in [0.1, 0.15) is 11.6 Å². The molecule has 3 rings (SSSR count). The van der Waals surface area contributed by atoms with Crippen molar-refractivity contribution in [1.82, 2.24) is 19.1 Å². The Morgan fingerprint density at radius 3 is 2.85 bits per heavy atom. The average Bonchev–Trinajstić information content (AvgIpc) is 2.96. The normalized spacial score (nSPS) is 11.3. The summed E-state index contributed by atoms with van der Waals surface area (Å²) in [7, 11) is 1.95. The Kier molecular flexibility index (Phi) is 3.44. The van der Waals surface area contributed by atoms with E-state index in [9.17, 15) is 4.39 Å². The van der Waals surface area contributed by atoms with E-state index in [4.69, 9.17) is 11.6 Å². The number of aryl methyl sites for hydroxylation is 2. The van der Waals surface area contributed by atoms with Gasteiger partial charge in [0.25, 0.3) is 0 Å². The zero-order valence-electron chi connectivity index (χ0n) is 11.1. The molecule has 0 N–H and O–H groups in total. The molecule has 0 radical (unpaired) electrons. The van der Waals surface area contributed by atoms with Crippen molar-refractivity contribution in [3.8, 4) is 0 Å². The summed E-state index contributed by atoms with van der Waals surface area (Å²) in [5.41, 5.74) is 1.55. The molecule has 20 heavy (non-hydrogen) atoms. The van der Waals surface area contributed by atoms with Crippen molar-refractivity contribution >= 4 is 22.6 Å². The van der Waals surface area contributed by atoms with E-state index in [1.165, 1.54) is 12.1 Å². The quantitative estimate of drug-likeness (QED) is 0.693. The Hall–Kier alpha value is -1.88. The summed E-state index contributed by atoms with van der Waals surface area (Å²) in [5, 5.41) is 0. The minimum absolute atomic E-state index is 0.281. The zero-order chi connectivity index (χ0) is 14.1. The number of nitrogens with zero attached hydrogens (tertiary/aromatic N) is 4. The summed E-state index contributed by atoms with van der Waals surface area (Å²) in [5.74, 6) is 1.97. The monoisotopic (exact) mass is 292 g/mol. The van der Waals surface area contributed by atoms with Crippen LogP contribution in [0.3, 0.4) is 0 Å². The molecule has 4 nitrogen and oxygen atoms in total. The van der Waals surface area contributed by atoms with Crippen LogP contribution in [0.4, 0.5) is 4.39 Å².